The molecule has 2 aliphatic rings. The Balaban J connectivity index is 1.48. The van der Waals surface area contributed by atoms with E-state index in [-0.39, 0.29) is 19.0 Å². The van der Waals surface area contributed by atoms with Gasteiger partial charge < -0.3 is 18.6 Å². The summed E-state index contributed by atoms with van der Waals surface area (Å²) in [5.41, 5.74) is 2.12. The third-order valence-electron chi connectivity index (χ3n) is 6.24. The van der Waals surface area contributed by atoms with Crippen LogP contribution in [0.3, 0.4) is 0 Å². The lowest BCUT2D eigenvalue weighted by atomic mass is 9.95. The number of furan rings is 1. The van der Waals surface area contributed by atoms with Crippen LogP contribution < -0.4 is 24.4 Å². The van der Waals surface area contributed by atoms with Gasteiger partial charge in [0.05, 0.1) is 28.5 Å². The predicted octanol–water partition coefficient (Wildman–Crippen LogP) is 4.55. The molecule has 0 saturated heterocycles. The van der Waals surface area contributed by atoms with Gasteiger partial charge in [0.1, 0.15) is 11.5 Å². The second-order valence-electron chi connectivity index (χ2n) is 8.63. The number of rotatable bonds is 5. The highest BCUT2D eigenvalue weighted by Gasteiger charge is 2.34. The van der Waals surface area contributed by atoms with E-state index in [0.29, 0.717) is 49.2 Å². The number of ether oxygens (including phenoxy) is 3. The summed E-state index contributed by atoms with van der Waals surface area (Å²) in [6.07, 6.45) is 1.70. The quantitative estimate of drug-likeness (QED) is 0.316. The lowest BCUT2D eigenvalue weighted by Crippen LogP contribution is -2.39. The van der Waals surface area contributed by atoms with Crippen LogP contribution in [0.25, 0.3) is 17.4 Å². The molecule has 2 aliphatic heterocycles. The van der Waals surface area contributed by atoms with Crippen molar-refractivity contribution in [1.82, 2.24) is 4.57 Å². The molecule has 4 aromatic rings. The number of esters is 1. The van der Waals surface area contributed by atoms with E-state index in [1.165, 1.54) is 15.9 Å². The second-order valence-corrected chi connectivity index (χ2v) is 10.6. The van der Waals surface area contributed by atoms with Crippen LogP contribution in [0.1, 0.15) is 31.2 Å². The Morgan fingerprint density at radius 2 is 2.03 bits per heavy atom. The first-order chi connectivity index (χ1) is 18.4. The summed E-state index contributed by atoms with van der Waals surface area (Å²) in [5, 5.41) is 0. The Morgan fingerprint density at radius 1 is 1.18 bits per heavy atom. The first-order valence-electron chi connectivity index (χ1n) is 11.9. The maximum atomic E-state index is 13.8. The molecule has 1 unspecified atom stereocenters. The number of halogens is 1. The Labute approximate surface area is 229 Å². The van der Waals surface area contributed by atoms with Gasteiger partial charge in [0, 0.05) is 16.1 Å². The first-order valence-corrected chi connectivity index (χ1v) is 13.5. The molecule has 0 spiro atoms. The Hall–Kier alpha value is -3.89. The summed E-state index contributed by atoms with van der Waals surface area (Å²) >= 11 is 4.72. The van der Waals surface area contributed by atoms with Gasteiger partial charge in [0.25, 0.3) is 5.56 Å². The Bertz CT molecular complexity index is 1800. The molecule has 0 saturated carbocycles. The molecule has 1 atom stereocenters. The van der Waals surface area contributed by atoms with Gasteiger partial charge in [0.2, 0.25) is 6.79 Å². The van der Waals surface area contributed by atoms with Gasteiger partial charge in [-0.05, 0) is 55.8 Å². The molecule has 4 heterocycles. The highest BCUT2D eigenvalue weighted by atomic mass is 79.9. The van der Waals surface area contributed by atoms with Gasteiger partial charge in [-0.3, -0.25) is 9.36 Å². The smallest absolute Gasteiger partial charge is 0.338 e. The van der Waals surface area contributed by atoms with Gasteiger partial charge >= 0.3 is 5.97 Å². The highest BCUT2D eigenvalue weighted by Crippen LogP contribution is 2.38. The SMILES string of the molecule is CCOC(=O)C1=C(C)N=c2s/c(=C\c3ccc(-c4cccc(Br)c4)o3)c(=O)n2C1c1ccc2c(c1)OCO2. The van der Waals surface area contributed by atoms with Crippen LogP contribution in [-0.2, 0) is 9.53 Å². The largest absolute Gasteiger partial charge is 0.463 e. The summed E-state index contributed by atoms with van der Waals surface area (Å²) in [7, 11) is 0. The summed E-state index contributed by atoms with van der Waals surface area (Å²) in [4.78, 5) is 32.0. The summed E-state index contributed by atoms with van der Waals surface area (Å²) < 4.78 is 25.3. The molecule has 0 bridgehead atoms. The molecule has 0 radical (unpaired) electrons. The Kier molecular flexibility index (Phi) is 6.29. The van der Waals surface area contributed by atoms with E-state index in [0.717, 1.165) is 10.0 Å². The molecule has 10 heteroatoms. The maximum Gasteiger partial charge on any atom is 0.338 e. The summed E-state index contributed by atoms with van der Waals surface area (Å²) in [6, 6.07) is 16.1. The van der Waals surface area contributed by atoms with Crippen LogP contribution in [0.4, 0.5) is 0 Å². The third-order valence-corrected chi connectivity index (χ3v) is 7.71. The molecule has 0 fully saturated rings. The molecule has 0 N–H and O–H groups in total. The molecule has 0 aliphatic carbocycles. The number of aromatic nitrogens is 1. The van der Waals surface area contributed by atoms with E-state index in [4.69, 9.17) is 18.6 Å². The van der Waals surface area contributed by atoms with Crippen LogP contribution in [0.15, 0.2) is 84.5 Å². The van der Waals surface area contributed by atoms with E-state index in [9.17, 15) is 9.59 Å². The zero-order chi connectivity index (χ0) is 26.4. The number of thiazole rings is 1. The van der Waals surface area contributed by atoms with Gasteiger partial charge in [-0.15, -0.1) is 0 Å². The van der Waals surface area contributed by atoms with Crippen LogP contribution in [0.2, 0.25) is 0 Å². The molecule has 6 rings (SSSR count). The van der Waals surface area contributed by atoms with Crippen molar-refractivity contribution in [1.29, 1.82) is 0 Å². The monoisotopic (exact) mass is 592 g/mol. The van der Waals surface area contributed by atoms with Gasteiger partial charge in [0.15, 0.2) is 16.3 Å². The van der Waals surface area contributed by atoms with Crippen molar-refractivity contribution in [2.75, 3.05) is 13.4 Å². The van der Waals surface area contributed by atoms with Crippen molar-refractivity contribution < 1.29 is 23.4 Å². The zero-order valence-electron chi connectivity index (χ0n) is 20.4. The second kappa shape index (κ2) is 9.77. The van der Waals surface area contributed by atoms with Crippen molar-refractivity contribution in [3.05, 3.63) is 101 Å². The molecule has 38 heavy (non-hydrogen) atoms. The van der Waals surface area contributed by atoms with Crippen molar-refractivity contribution in [3.8, 4) is 22.8 Å². The first kappa shape index (κ1) is 24.4. The standard InChI is InChI=1S/C28H21BrN2O6S/c1-3-34-27(33)24-15(2)30-28-31(25(24)17-7-9-21-22(12-17)36-14-35-21)26(32)23(38-28)13-19-8-10-20(37-19)16-5-4-6-18(29)11-16/h4-13,25H,3,14H2,1-2H3/b23-13-. The van der Waals surface area contributed by atoms with Crippen molar-refractivity contribution >= 4 is 39.3 Å². The molecular formula is C28H21BrN2O6S. The summed E-state index contributed by atoms with van der Waals surface area (Å²) in [5.74, 6) is 1.86. The average Bonchev–Trinajstić information content (AvgIpc) is 3.63. The van der Waals surface area contributed by atoms with Crippen molar-refractivity contribution in [2.24, 2.45) is 4.99 Å². The molecule has 192 valence electrons. The molecule has 8 nitrogen and oxygen atoms in total. The van der Waals surface area contributed by atoms with E-state index < -0.39 is 12.0 Å². The minimum atomic E-state index is -0.740. The van der Waals surface area contributed by atoms with Gasteiger partial charge in [-0.1, -0.05) is 45.5 Å². The minimum Gasteiger partial charge on any atom is -0.463 e. The van der Waals surface area contributed by atoms with Gasteiger partial charge in [-0.25, -0.2) is 9.79 Å². The van der Waals surface area contributed by atoms with Gasteiger partial charge in [-0.2, -0.15) is 0 Å². The van der Waals surface area contributed by atoms with Crippen molar-refractivity contribution in [3.63, 3.8) is 0 Å². The number of fused-ring (bicyclic) bond motifs is 2. The van der Waals surface area contributed by atoms with Crippen LogP contribution in [-0.4, -0.2) is 23.9 Å². The number of carbonyl (C=O) groups is 1. The average molecular weight is 593 g/mol. The normalized spacial score (nSPS) is 16.4. The fourth-order valence-electron chi connectivity index (χ4n) is 4.55. The zero-order valence-corrected chi connectivity index (χ0v) is 22.8. The number of carbonyl (C=O) groups excluding carboxylic acids is 1. The fourth-order valence-corrected chi connectivity index (χ4v) is 5.97. The highest BCUT2D eigenvalue weighted by molar-refractivity contribution is 9.10. The predicted molar refractivity (Wildman–Crippen MR) is 145 cm³/mol. The number of hydrogen-bond acceptors (Lipinski definition) is 8. The van der Waals surface area contributed by atoms with Crippen LogP contribution >= 0.6 is 27.3 Å². The molecule has 0 amide bonds. The molecule has 2 aromatic heterocycles. The van der Waals surface area contributed by atoms with E-state index in [1.54, 1.807) is 32.1 Å². The Morgan fingerprint density at radius 3 is 2.84 bits per heavy atom. The van der Waals surface area contributed by atoms with Crippen LogP contribution in [0.5, 0.6) is 11.5 Å². The van der Waals surface area contributed by atoms with E-state index in [1.807, 2.05) is 42.5 Å². The van der Waals surface area contributed by atoms with E-state index >= 15 is 0 Å². The van der Waals surface area contributed by atoms with Crippen LogP contribution in [0, 0.1) is 0 Å². The van der Waals surface area contributed by atoms with E-state index in [2.05, 4.69) is 20.9 Å². The number of benzene rings is 2. The topological polar surface area (TPSA) is 92.3 Å². The lowest BCUT2D eigenvalue weighted by Gasteiger charge is -2.24. The molecule has 2 aromatic carbocycles. The number of hydrogen-bond donors (Lipinski definition) is 0. The van der Waals surface area contributed by atoms with Crippen molar-refractivity contribution in [2.45, 2.75) is 19.9 Å². The lowest BCUT2D eigenvalue weighted by molar-refractivity contribution is -0.139. The summed E-state index contributed by atoms with van der Waals surface area (Å²) in [6.45, 7) is 3.81. The fraction of sp³-hybridized carbons (Fsp3) is 0.179. The number of nitrogens with zero attached hydrogens (tertiary/aromatic N) is 2. The third kappa shape index (κ3) is 4.29. The maximum absolute atomic E-state index is 13.8. The minimum absolute atomic E-state index is 0.117. The number of allylic oxidation sites excluding steroid dienone is 1. The molecular weight excluding hydrogens is 572 g/mol.